The minimum Gasteiger partial charge on any atom is -0.322 e. The summed E-state index contributed by atoms with van der Waals surface area (Å²) in [6.07, 6.45) is 0. The topological polar surface area (TPSA) is 26.0 Å². The van der Waals surface area contributed by atoms with Gasteiger partial charge in [-0.15, -0.1) is 0 Å². The lowest BCUT2D eigenvalue weighted by atomic mass is 10.1. The van der Waals surface area contributed by atoms with Gasteiger partial charge in [0.2, 0.25) is 0 Å². The van der Waals surface area contributed by atoms with Gasteiger partial charge in [0, 0.05) is 5.02 Å². The molecule has 0 radical (unpaired) electrons. The van der Waals surface area contributed by atoms with Crippen LogP contribution in [0, 0.1) is 5.82 Å². The Morgan fingerprint density at radius 1 is 1.50 bits per heavy atom. The summed E-state index contributed by atoms with van der Waals surface area (Å²) in [6.45, 7) is -0.703. The Labute approximate surface area is 74.1 Å². The Bertz CT molecular complexity index is 278. The number of benzene rings is 1. The highest BCUT2D eigenvalue weighted by Gasteiger charge is 2.09. The average Bonchev–Trinajstić information content (AvgIpc) is 2.03. The number of alkyl halides is 1. The maximum atomic E-state index is 12.5. The summed E-state index contributed by atoms with van der Waals surface area (Å²) in [5, 5.41) is 0.167. The molecule has 12 heavy (non-hydrogen) atoms. The summed E-state index contributed by atoms with van der Waals surface area (Å²) in [4.78, 5) is 0. The molecule has 4 heteroatoms. The van der Waals surface area contributed by atoms with Crippen LogP contribution in [0.2, 0.25) is 5.02 Å². The second kappa shape index (κ2) is 3.83. The van der Waals surface area contributed by atoms with Gasteiger partial charge < -0.3 is 5.73 Å². The molecule has 1 unspecified atom stereocenters. The monoisotopic (exact) mass is 191 g/mol. The van der Waals surface area contributed by atoms with Crippen molar-refractivity contribution < 1.29 is 8.78 Å². The number of halogens is 3. The fourth-order valence-corrected chi connectivity index (χ4v) is 1.19. The zero-order chi connectivity index (χ0) is 9.14. The first kappa shape index (κ1) is 9.42. The lowest BCUT2D eigenvalue weighted by Crippen LogP contribution is -2.12. The highest BCUT2D eigenvalue weighted by molar-refractivity contribution is 6.31. The molecule has 1 atom stereocenters. The maximum Gasteiger partial charge on any atom is 0.124 e. The summed E-state index contributed by atoms with van der Waals surface area (Å²) in [7, 11) is 0. The van der Waals surface area contributed by atoms with E-state index >= 15 is 0 Å². The number of hydrogen-bond acceptors (Lipinski definition) is 1. The van der Waals surface area contributed by atoms with Gasteiger partial charge >= 0.3 is 0 Å². The molecule has 2 N–H and O–H groups in total. The van der Waals surface area contributed by atoms with E-state index in [-0.39, 0.29) is 5.02 Å². The van der Waals surface area contributed by atoms with Crippen molar-refractivity contribution in [2.45, 2.75) is 6.04 Å². The number of nitrogens with two attached hydrogens (primary N) is 1. The Morgan fingerprint density at radius 3 is 2.67 bits per heavy atom. The third-order valence-electron chi connectivity index (χ3n) is 1.53. The summed E-state index contributed by atoms with van der Waals surface area (Å²) >= 11 is 5.62. The molecule has 0 heterocycles. The van der Waals surface area contributed by atoms with Crippen molar-refractivity contribution in [2.75, 3.05) is 6.67 Å². The highest BCUT2D eigenvalue weighted by Crippen LogP contribution is 2.22. The van der Waals surface area contributed by atoms with E-state index in [4.69, 9.17) is 17.3 Å². The van der Waals surface area contributed by atoms with Crippen LogP contribution < -0.4 is 5.73 Å². The predicted octanol–water partition coefficient (Wildman–Crippen LogP) is 2.45. The Balaban J connectivity index is 3.01. The summed E-state index contributed by atoms with van der Waals surface area (Å²) in [6, 6.07) is 2.95. The summed E-state index contributed by atoms with van der Waals surface area (Å²) < 4.78 is 24.6. The average molecular weight is 192 g/mol. The molecule has 1 nitrogen and oxygen atoms in total. The van der Waals surface area contributed by atoms with Gasteiger partial charge in [0.15, 0.2) is 0 Å². The number of rotatable bonds is 2. The van der Waals surface area contributed by atoms with Gasteiger partial charge in [0.05, 0.1) is 6.04 Å². The minimum absolute atomic E-state index is 0.167. The van der Waals surface area contributed by atoms with Crippen LogP contribution >= 0.6 is 11.6 Å². The Morgan fingerprint density at radius 2 is 2.17 bits per heavy atom. The molecule has 0 fully saturated rings. The van der Waals surface area contributed by atoms with Gasteiger partial charge in [-0.25, -0.2) is 8.78 Å². The van der Waals surface area contributed by atoms with Gasteiger partial charge in [0.25, 0.3) is 0 Å². The minimum atomic E-state index is -0.766. The molecule has 1 aromatic rings. The van der Waals surface area contributed by atoms with Crippen molar-refractivity contribution in [2.24, 2.45) is 5.73 Å². The van der Waals surface area contributed by atoms with E-state index in [0.717, 1.165) is 6.07 Å². The van der Waals surface area contributed by atoms with E-state index in [2.05, 4.69) is 0 Å². The van der Waals surface area contributed by atoms with Crippen LogP contribution in [0.25, 0.3) is 0 Å². The van der Waals surface area contributed by atoms with Crippen molar-refractivity contribution in [3.63, 3.8) is 0 Å². The van der Waals surface area contributed by atoms with Crippen molar-refractivity contribution in [1.29, 1.82) is 0 Å². The van der Waals surface area contributed by atoms with Gasteiger partial charge in [0.1, 0.15) is 12.5 Å². The van der Waals surface area contributed by atoms with E-state index in [9.17, 15) is 8.78 Å². The SMILES string of the molecule is NC(CF)c1ccc(F)cc1Cl. The van der Waals surface area contributed by atoms with Gasteiger partial charge in [-0.3, -0.25) is 0 Å². The molecule has 66 valence electrons. The standard InChI is InChI=1S/C8H8ClF2N/c9-7-3-5(11)1-2-6(7)8(12)4-10/h1-3,8H,4,12H2. The molecular weight excluding hydrogens is 184 g/mol. The molecule has 0 aliphatic carbocycles. The first-order valence-corrected chi connectivity index (χ1v) is 3.79. The first-order chi connectivity index (χ1) is 5.65. The van der Waals surface area contributed by atoms with Crippen LogP contribution in [-0.4, -0.2) is 6.67 Å². The molecule has 0 bridgehead atoms. The lowest BCUT2D eigenvalue weighted by Gasteiger charge is -2.08. The van der Waals surface area contributed by atoms with Gasteiger partial charge in [-0.1, -0.05) is 17.7 Å². The molecule has 0 spiro atoms. The normalized spacial score (nSPS) is 13.0. The van der Waals surface area contributed by atoms with Crippen LogP contribution in [0.1, 0.15) is 11.6 Å². The molecule has 0 amide bonds. The van der Waals surface area contributed by atoms with Crippen molar-refractivity contribution in [1.82, 2.24) is 0 Å². The molecule has 0 saturated carbocycles. The van der Waals surface area contributed by atoms with E-state index in [1.807, 2.05) is 0 Å². The summed E-state index contributed by atoms with van der Waals surface area (Å²) in [5.41, 5.74) is 5.79. The second-order valence-corrected chi connectivity index (χ2v) is 2.83. The van der Waals surface area contributed by atoms with Crippen LogP contribution in [-0.2, 0) is 0 Å². The van der Waals surface area contributed by atoms with E-state index in [0.29, 0.717) is 5.56 Å². The zero-order valence-electron chi connectivity index (χ0n) is 6.23. The third-order valence-corrected chi connectivity index (χ3v) is 1.86. The van der Waals surface area contributed by atoms with Gasteiger partial charge in [-0.05, 0) is 17.7 Å². The Kier molecular flexibility index (Phi) is 3.00. The molecular formula is C8H8ClF2N. The third kappa shape index (κ3) is 1.93. The molecule has 1 aromatic carbocycles. The largest absolute Gasteiger partial charge is 0.322 e. The molecule has 0 aromatic heterocycles. The fraction of sp³-hybridized carbons (Fsp3) is 0.250. The molecule has 0 aliphatic rings. The summed E-state index contributed by atoms with van der Waals surface area (Å²) in [5.74, 6) is -0.449. The van der Waals surface area contributed by atoms with Crippen molar-refractivity contribution >= 4 is 11.6 Å². The van der Waals surface area contributed by atoms with E-state index < -0.39 is 18.5 Å². The Hall–Kier alpha value is -0.670. The van der Waals surface area contributed by atoms with Crippen LogP contribution in [0.3, 0.4) is 0 Å². The van der Waals surface area contributed by atoms with Crippen molar-refractivity contribution in [3.8, 4) is 0 Å². The van der Waals surface area contributed by atoms with Crippen molar-refractivity contribution in [3.05, 3.63) is 34.6 Å². The first-order valence-electron chi connectivity index (χ1n) is 3.41. The second-order valence-electron chi connectivity index (χ2n) is 2.43. The molecule has 1 rings (SSSR count). The quantitative estimate of drug-likeness (QED) is 0.764. The smallest absolute Gasteiger partial charge is 0.124 e. The van der Waals surface area contributed by atoms with E-state index in [1.54, 1.807) is 0 Å². The predicted molar refractivity (Wildman–Crippen MR) is 44.3 cm³/mol. The molecule has 0 saturated heterocycles. The van der Waals surface area contributed by atoms with E-state index in [1.165, 1.54) is 12.1 Å². The highest BCUT2D eigenvalue weighted by atomic mass is 35.5. The maximum absolute atomic E-state index is 12.5. The van der Waals surface area contributed by atoms with Crippen LogP contribution in [0.5, 0.6) is 0 Å². The fourth-order valence-electron chi connectivity index (χ4n) is 0.885. The molecule has 0 aliphatic heterocycles. The van der Waals surface area contributed by atoms with Gasteiger partial charge in [-0.2, -0.15) is 0 Å². The van der Waals surface area contributed by atoms with Crippen LogP contribution in [0.4, 0.5) is 8.78 Å². The zero-order valence-corrected chi connectivity index (χ0v) is 6.98. The van der Waals surface area contributed by atoms with Crippen LogP contribution in [0.15, 0.2) is 18.2 Å². The number of hydrogen-bond donors (Lipinski definition) is 1. The lowest BCUT2D eigenvalue weighted by molar-refractivity contribution is 0.437.